The van der Waals surface area contributed by atoms with E-state index in [1.54, 1.807) is 6.07 Å². The molecular weight excluding hydrogens is 281 g/mol. The monoisotopic (exact) mass is 295 g/mol. The molecule has 1 atom stereocenters. The van der Waals surface area contributed by atoms with Gasteiger partial charge in [-0.25, -0.2) is 8.42 Å². The van der Waals surface area contributed by atoms with Crippen LogP contribution in [0.1, 0.15) is 18.5 Å². The normalized spacial score (nSPS) is 13.6. The zero-order chi connectivity index (χ0) is 13.1. The first-order valence-electron chi connectivity index (χ1n) is 5.16. The number of benzene rings is 1. The van der Waals surface area contributed by atoms with Crippen molar-refractivity contribution in [1.82, 2.24) is 5.32 Å². The van der Waals surface area contributed by atoms with Crippen LogP contribution in [0.4, 0.5) is 0 Å². The van der Waals surface area contributed by atoms with Gasteiger partial charge in [0.1, 0.15) is 9.84 Å². The number of halogens is 2. The van der Waals surface area contributed by atoms with Crippen LogP contribution in [-0.4, -0.2) is 27.0 Å². The van der Waals surface area contributed by atoms with Gasteiger partial charge in [-0.15, -0.1) is 0 Å². The van der Waals surface area contributed by atoms with E-state index in [0.29, 0.717) is 16.6 Å². The summed E-state index contributed by atoms with van der Waals surface area (Å²) in [5.41, 5.74) is 0.868. The van der Waals surface area contributed by atoms with E-state index in [1.165, 1.54) is 6.26 Å². The summed E-state index contributed by atoms with van der Waals surface area (Å²) < 4.78 is 22.0. The Balaban J connectivity index is 2.64. The number of hydrogen-bond donors (Lipinski definition) is 1. The van der Waals surface area contributed by atoms with Crippen LogP contribution in [0.3, 0.4) is 0 Å². The molecule has 3 nitrogen and oxygen atoms in total. The summed E-state index contributed by atoms with van der Waals surface area (Å²) >= 11 is 12.0. The average molecular weight is 296 g/mol. The maximum Gasteiger partial charge on any atom is 0.148 e. The Morgan fingerprint density at radius 3 is 2.59 bits per heavy atom. The number of nitrogens with one attached hydrogen (secondary N) is 1. The Hall–Kier alpha value is -0.290. The van der Waals surface area contributed by atoms with Crippen LogP contribution in [0.2, 0.25) is 10.0 Å². The molecule has 6 heteroatoms. The third-order valence-electron chi connectivity index (χ3n) is 2.37. The molecule has 96 valence electrons. The summed E-state index contributed by atoms with van der Waals surface area (Å²) in [6, 6.07) is 5.37. The predicted octanol–water partition coefficient (Wildman–Crippen LogP) is 2.69. The molecular formula is C11H15Cl2NO2S. The van der Waals surface area contributed by atoms with Gasteiger partial charge >= 0.3 is 0 Å². The molecule has 0 radical (unpaired) electrons. The molecule has 0 fully saturated rings. The van der Waals surface area contributed by atoms with Gasteiger partial charge < -0.3 is 5.32 Å². The lowest BCUT2D eigenvalue weighted by Crippen LogP contribution is -2.25. The van der Waals surface area contributed by atoms with Crippen molar-refractivity contribution in [2.45, 2.75) is 13.0 Å². The smallest absolute Gasteiger partial charge is 0.148 e. The fraction of sp³-hybridized carbons (Fsp3) is 0.455. The van der Waals surface area contributed by atoms with Crippen molar-refractivity contribution in [3.05, 3.63) is 33.8 Å². The molecule has 0 aromatic heterocycles. The number of sulfone groups is 1. The van der Waals surface area contributed by atoms with Gasteiger partial charge in [0, 0.05) is 18.8 Å². The second kappa shape index (κ2) is 6.05. The van der Waals surface area contributed by atoms with E-state index in [-0.39, 0.29) is 11.8 Å². The molecule has 17 heavy (non-hydrogen) atoms. The zero-order valence-electron chi connectivity index (χ0n) is 9.70. The van der Waals surface area contributed by atoms with Crippen LogP contribution >= 0.6 is 23.2 Å². The highest BCUT2D eigenvalue weighted by atomic mass is 35.5. The van der Waals surface area contributed by atoms with Crippen LogP contribution in [-0.2, 0) is 9.84 Å². The molecule has 0 aliphatic carbocycles. The Kier molecular flexibility index (Phi) is 5.25. The Morgan fingerprint density at radius 1 is 1.35 bits per heavy atom. The maximum atomic E-state index is 11.0. The summed E-state index contributed by atoms with van der Waals surface area (Å²) in [4.78, 5) is 0. The molecule has 0 saturated carbocycles. The van der Waals surface area contributed by atoms with E-state index in [9.17, 15) is 8.42 Å². The first-order valence-corrected chi connectivity index (χ1v) is 7.98. The molecule has 0 bridgehead atoms. The van der Waals surface area contributed by atoms with Crippen molar-refractivity contribution >= 4 is 33.0 Å². The molecule has 0 amide bonds. The lowest BCUT2D eigenvalue weighted by atomic mass is 10.1. The fourth-order valence-corrected chi connectivity index (χ4v) is 2.39. The average Bonchev–Trinajstić information content (AvgIpc) is 2.20. The molecule has 0 saturated heterocycles. The third kappa shape index (κ3) is 4.84. The molecule has 1 unspecified atom stereocenters. The molecule has 1 aromatic carbocycles. The van der Waals surface area contributed by atoms with Gasteiger partial charge in [-0.2, -0.15) is 0 Å². The molecule has 0 spiro atoms. The van der Waals surface area contributed by atoms with Crippen molar-refractivity contribution in [3.63, 3.8) is 0 Å². The van der Waals surface area contributed by atoms with E-state index in [1.807, 2.05) is 19.1 Å². The molecule has 0 aliphatic heterocycles. The Bertz CT molecular complexity index is 488. The first kappa shape index (κ1) is 14.8. The van der Waals surface area contributed by atoms with Crippen LogP contribution in [0.15, 0.2) is 18.2 Å². The van der Waals surface area contributed by atoms with Gasteiger partial charge in [-0.05, 0) is 18.6 Å². The number of rotatable bonds is 5. The summed E-state index contributed by atoms with van der Waals surface area (Å²) in [6.45, 7) is 2.31. The van der Waals surface area contributed by atoms with Crippen LogP contribution in [0, 0.1) is 0 Å². The van der Waals surface area contributed by atoms with Gasteiger partial charge in [0.15, 0.2) is 0 Å². The first-order chi connectivity index (χ1) is 7.81. The van der Waals surface area contributed by atoms with Gasteiger partial charge in [0.2, 0.25) is 0 Å². The highest BCUT2D eigenvalue weighted by Gasteiger charge is 2.12. The van der Waals surface area contributed by atoms with E-state index in [2.05, 4.69) is 5.32 Å². The summed E-state index contributed by atoms with van der Waals surface area (Å²) in [7, 11) is -2.94. The van der Waals surface area contributed by atoms with Crippen molar-refractivity contribution in [3.8, 4) is 0 Å². The van der Waals surface area contributed by atoms with Gasteiger partial charge in [0.25, 0.3) is 0 Å². The second-order valence-electron chi connectivity index (χ2n) is 3.95. The van der Waals surface area contributed by atoms with Crippen molar-refractivity contribution in [1.29, 1.82) is 0 Å². The van der Waals surface area contributed by atoms with Crippen LogP contribution in [0.25, 0.3) is 0 Å². The highest BCUT2D eigenvalue weighted by molar-refractivity contribution is 7.90. The summed E-state index contributed by atoms with van der Waals surface area (Å²) in [6.07, 6.45) is 1.21. The van der Waals surface area contributed by atoms with E-state index < -0.39 is 9.84 Å². The van der Waals surface area contributed by atoms with E-state index >= 15 is 0 Å². The van der Waals surface area contributed by atoms with Crippen LogP contribution < -0.4 is 5.32 Å². The quantitative estimate of drug-likeness (QED) is 0.908. The van der Waals surface area contributed by atoms with Crippen molar-refractivity contribution in [2.75, 3.05) is 18.6 Å². The third-order valence-corrected chi connectivity index (χ3v) is 4.15. The van der Waals surface area contributed by atoms with Gasteiger partial charge in [0.05, 0.1) is 15.8 Å². The van der Waals surface area contributed by atoms with Gasteiger partial charge in [-0.1, -0.05) is 35.3 Å². The Labute approximate surface area is 112 Å². The number of hydrogen-bond acceptors (Lipinski definition) is 3. The van der Waals surface area contributed by atoms with Gasteiger partial charge in [-0.3, -0.25) is 0 Å². The Morgan fingerprint density at radius 2 is 2.00 bits per heavy atom. The van der Waals surface area contributed by atoms with Crippen molar-refractivity contribution < 1.29 is 8.42 Å². The van der Waals surface area contributed by atoms with E-state index in [4.69, 9.17) is 23.2 Å². The molecule has 1 rings (SSSR count). The standard InChI is InChI=1S/C11H15Cl2NO2S/c1-8(14-6-7-17(2,15)16)9-4-3-5-10(12)11(9)13/h3-5,8,14H,6-7H2,1-2H3. The summed E-state index contributed by atoms with van der Waals surface area (Å²) in [5.74, 6) is 0.107. The fourth-order valence-electron chi connectivity index (χ4n) is 1.43. The molecule has 0 heterocycles. The SMILES string of the molecule is CC(NCCS(C)(=O)=O)c1cccc(Cl)c1Cl. The minimum absolute atomic E-state index is 0.0389. The molecule has 1 aromatic rings. The summed E-state index contributed by atoms with van der Waals surface area (Å²) in [5, 5.41) is 4.11. The topological polar surface area (TPSA) is 46.2 Å². The largest absolute Gasteiger partial charge is 0.309 e. The van der Waals surface area contributed by atoms with Crippen molar-refractivity contribution in [2.24, 2.45) is 0 Å². The van der Waals surface area contributed by atoms with E-state index in [0.717, 1.165) is 5.56 Å². The highest BCUT2D eigenvalue weighted by Crippen LogP contribution is 2.29. The lowest BCUT2D eigenvalue weighted by Gasteiger charge is -2.15. The maximum absolute atomic E-state index is 11.0. The minimum Gasteiger partial charge on any atom is -0.309 e. The van der Waals surface area contributed by atoms with Crippen LogP contribution in [0.5, 0.6) is 0 Å². The molecule has 1 N–H and O–H groups in total. The predicted molar refractivity (Wildman–Crippen MR) is 72.6 cm³/mol. The lowest BCUT2D eigenvalue weighted by molar-refractivity contribution is 0.576. The molecule has 0 aliphatic rings. The zero-order valence-corrected chi connectivity index (χ0v) is 12.0. The second-order valence-corrected chi connectivity index (χ2v) is 6.99. The minimum atomic E-state index is -2.94.